The molecule has 0 bridgehead atoms. The molecular formula is C13H20S+. The van der Waals surface area contributed by atoms with Gasteiger partial charge in [0.2, 0.25) is 0 Å². The lowest BCUT2D eigenvalue weighted by Crippen LogP contribution is -2.16. The van der Waals surface area contributed by atoms with Gasteiger partial charge in [-0.25, -0.2) is 0 Å². The Labute approximate surface area is 91.1 Å². The van der Waals surface area contributed by atoms with Crippen molar-refractivity contribution in [3.8, 4) is 0 Å². The summed E-state index contributed by atoms with van der Waals surface area (Å²) in [6, 6.07) is 9.91. The highest BCUT2D eigenvalue weighted by Gasteiger charge is 2.20. The maximum atomic E-state index is 3.36. The molecule has 0 amide bonds. The Hall–Kier alpha value is -0.430. The predicted molar refractivity (Wildman–Crippen MR) is 66.1 cm³/mol. The molecule has 0 saturated carbocycles. The zero-order chi connectivity index (χ0) is 10.8. The minimum Gasteiger partial charge on any atom is -0.0646 e. The van der Waals surface area contributed by atoms with E-state index in [9.17, 15) is 0 Å². The lowest BCUT2D eigenvalue weighted by atomic mass is 9.82. The molecule has 0 atom stereocenters. The van der Waals surface area contributed by atoms with Crippen molar-refractivity contribution in [3.63, 3.8) is 0 Å². The van der Waals surface area contributed by atoms with E-state index >= 15 is 0 Å². The van der Waals surface area contributed by atoms with Crippen molar-refractivity contribution in [1.82, 2.24) is 0 Å². The molecule has 1 rings (SSSR count). The smallest absolute Gasteiger partial charge is 0.0646 e. The highest BCUT2D eigenvalue weighted by Crippen LogP contribution is 2.27. The van der Waals surface area contributed by atoms with Crippen molar-refractivity contribution in [1.29, 1.82) is 0 Å². The molecule has 0 heterocycles. The predicted octanol–water partition coefficient (Wildman–Crippen LogP) is 3.41. The molecule has 1 radical (unpaired) electrons. The van der Waals surface area contributed by atoms with Gasteiger partial charge in [-0.3, -0.25) is 0 Å². The molecule has 0 spiro atoms. The first-order valence-corrected chi connectivity index (χ1v) is 7.11. The van der Waals surface area contributed by atoms with Crippen molar-refractivity contribution < 1.29 is 0 Å². The van der Waals surface area contributed by atoms with Crippen LogP contribution in [-0.2, 0) is 16.3 Å². The summed E-state index contributed by atoms with van der Waals surface area (Å²) in [6.45, 7) is 6.80. The van der Waals surface area contributed by atoms with E-state index in [0.29, 0.717) is 10.9 Å². The largest absolute Gasteiger partial charge is 0.154 e. The Morgan fingerprint density at radius 2 is 2.00 bits per heavy atom. The van der Waals surface area contributed by atoms with Crippen molar-refractivity contribution in [3.05, 3.63) is 29.8 Å². The highest BCUT2D eigenvalue weighted by molar-refractivity contribution is 7.95. The number of hydrogen-bond acceptors (Lipinski definition) is 0. The maximum absolute atomic E-state index is 3.36. The van der Waals surface area contributed by atoms with E-state index in [-0.39, 0.29) is 5.41 Å². The molecule has 14 heavy (non-hydrogen) atoms. The monoisotopic (exact) mass is 208 g/mol. The summed E-state index contributed by atoms with van der Waals surface area (Å²) in [5.41, 5.74) is 1.61. The Morgan fingerprint density at radius 3 is 2.50 bits per heavy atom. The van der Waals surface area contributed by atoms with E-state index in [2.05, 4.69) is 57.5 Å². The molecule has 0 saturated heterocycles. The molecule has 0 fully saturated rings. The van der Waals surface area contributed by atoms with Crippen LogP contribution in [0, 0.1) is 6.07 Å². The van der Waals surface area contributed by atoms with Gasteiger partial charge < -0.3 is 0 Å². The van der Waals surface area contributed by atoms with Crippen molar-refractivity contribution in [2.75, 3.05) is 12.5 Å². The second-order valence-corrected chi connectivity index (χ2v) is 6.60. The second kappa shape index (κ2) is 4.39. The number of hydrogen-bond donors (Lipinski definition) is 0. The molecule has 1 aromatic carbocycles. The van der Waals surface area contributed by atoms with Crippen LogP contribution < -0.4 is 0 Å². The van der Waals surface area contributed by atoms with Crippen LogP contribution in [0.2, 0.25) is 0 Å². The number of rotatable bonds is 3. The maximum Gasteiger partial charge on any atom is 0.154 e. The molecule has 77 valence electrons. The first kappa shape index (κ1) is 11.6. The average Bonchev–Trinajstić information content (AvgIpc) is 2.18. The molecule has 0 aliphatic rings. The van der Waals surface area contributed by atoms with Gasteiger partial charge in [-0.05, 0) is 41.7 Å². The molecule has 0 unspecified atom stereocenters. The van der Waals surface area contributed by atoms with Gasteiger partial charge in [0, 0.05) is 10.9 Å². The molecule has 0 aliphatic carbocycles. The van der Waals surface area contributed by atoms with E-state index in [1.54, 1.807) is 0 Å². The van der Waals surface area contributed by atoms with Crippen molar-refractivity contribution >= 4 is 10.9 Å². The Balaban J connectivity index is 3.05. The standard InChI is InChI=1S/C13H20S/c1-6-13(2,3)11-8-7-9-12(10-11)14(4)5/h7,9-10H,6H2,1-5H3/q+1. The third-order valence-corrected chi connectivity index (χ3v) is 4.05. The summed E-state index contributed by atoms with van der Waals surface area (Å²) in [5, 5.41) is 0. The zero-order valence-electron chi connectivity index (χ0n) is 9.85. The first-order chi connectivity index (χ1) is 6.47. The third-order valence-electron chi connectivity index (χ3n) is 2.86. The molecule has 1 aromatic rings. The van der Waals surface area contributed by atoms with Crippen LogP contribution in [-0.4, -0.2) is 12.5 Å². The van der Waals surface area contributed by atoms with Gasteiger partial charge in [-0.1, -0.05) is 20.8 Å². The minimum atomic E-state index is 0.259. The van der Waals surface area contributed by atoms with Gasteiger partial charge in [-0.2, -0.15) is 0 Å². The van der Waals surface area contributed by atoms with E-state index in [4.69, 9.17) is 0 Å². The van der Waals surface area contributed by atoms with Gasteiger partial charge in [0.1, 0.15) is 12.5 Å². The van der Waals surface area contributed by atoms with Crippen LogP contribution in [0.25, 0.3) is 0 Å². The fourth-order valence-electron chi connectivity index (χ4n) is 1.28. The second-order valence-electron chi connectivity index (χ2n) is 4.49. The lowest BCUT2D eigenvalue weighted by molar-refractivity contribution is 0.504. The highest BCUT2D eigenvalue weighted by atomic mass is 32.2. The quantitative estimate of drug-likeness (QED) is 0.668. The third kappa shape index (κ3) is 2.54. The van der Waals surface area contributed by atoms with Gasteiger partial charge in [0.15, 0.2) is 4.90 Å². The average molecular weight is 208 g/mol. The van der Waals surface area contributed by atoms with Gasteiger partial charge >= 0.3 is 0 Å². The van der Waals surface area contributed by atoms with E-state index in [1.165, 1.54) is 10.5 Å². The normalized spacial score (nSPS) is 12.1. The van der Waals surface area contributed by atoms with Crippen LogP contribution in [0.5, 0.6) is 0 Å². The van der Waals surface area contributed by atoms with Gasteiger partial charge in [0.25, 0.3) is 0 Å². The van der Waals surface area contributed by atoms with Crippen LogP contribution >= 0.6 is 0 Å². The molecule has 0 N–H and O–H groups in total. The van der Waals surface area contributed by atoms with Crippen molar-refractivity contribution in [2.24, 2.45) is 0 Å². The molecule has 0 aromatic heterocycles. The summed E-state index contributed by atoms with van der Waals surface area (Å²) in [7, 11) is 0.354. The summed E-state index contributed by atoms with van der Waals surface area (Å²) in [5.74, 6) is 0. The van der Waals surface area contributed by atoms with Crippen LogP contribution in [0.1, 0.15) is 32.8 Å². The van der Waals surface area contributed by atoms with E-state index in [0.717, 1.165) is 6.42 Å². The van der Waals surface area contributed by atoms with E-state index < -0.39 is 0 Å². The Kier molecular flexibility index (Phi) is 3.65. The Morgan fingerprint density at radius 1 is 1.36 bits per heavy atom. The Bertz CT molecular complexity index is 300. The molecule has 0 aliphatic heterocycles. The summed E-state index contributed by atoms with van der Waals surface area (Å²) in [4.78, 5) is 1.44. The summed E-state index contributed by atoms with van der Waals surface area (Å²) in [6.07, 6.45) is 5.68. The number of benzene rings is 1. The van der Waals surface area contributed by atoms with Crippen molar-refractivity contribution in [2.45, 2.75) is 37.5 Å². The molecular weight excluding hydrogens is 188 g/mol. The van der Waals surface area contributed by atoms with Crippen LogP contribution in [0.3, 0.4) is 0 Å². The topological polar surface area (TPSA) is 0 Å². The summed E-state index contributed by atoms with van der Waals surface area (Å²) >= 11 is 0. The SMILES string of the molecule is CCC(C)(C)c1[c]ccc([S+](C)C)c1. The lowest BCUT2D eigenvalue weighted by Gasteiger charge is -2.22. The van der Waals surface area contributed by atoms with Crippen LogP contribution in [0.15, 0.2) is 23.1 Å². The fourth-order valence-corrected chi connectivity index (χ4v) is 1.97. The minimum absolute atomic E-state index is 0.259. The summed E-state index contributed by atoms with van der Waals surface area (Å²) < 4.78 is 0. The first-order valence-electron chi connectivity index (χ1n) is 5.07. The van der Waals surface area contributed by atoms with E-state index in [1.807, 2.05) is 0 Å². The van der Waals surface area contributed by atoms with Crippen LogP contribution in [0.4, 0.5) is 0 Å². The molecule has 1 heteroatoms. The van der Waals surface area contributed by atoms with Gasteiger partial charge in [0.05, 0.1) is 0 Å². The fraction of sp³-hybridized carbons (Fsp3) is 0.538. The zero-order valence-corrected chi connectivity index (χ0v) is 10.7. The molecule has 0 nitrogen and oxygen atoms in total. The van der Waals surface area contributed by atoms with Gasteiger partial charge in [-0.15, -0.1) is 0 Å².